The number of carbonyl (C=O) groups excluding carboxylic acids is 1. The molecule has 0 saturated heterocycles. The average Bonchev–Trinajstić information content (AvgIpc) is 2.52. The number of halogens is 3. The van der Waals surface area contributed by atoms with Crippen LogP contribution in [-0.4, -0.2) is 34.1 Å². The van der Waals surface area contributed by atoms with Crippen molar-refractivity contribution in [3.05, 3.63) is 48.2 Å². The van der Waals surface area contributed by atoms with E-state index < -0.39 is 24.0 Å². The zero-order valence-corrected chi connectivity index (χ0v) is 13.2. The second-order valence-corrected chi connectivity index (χ2v) is 5.54. The van der Waals surface area contributed by atoms with Crippen LogP contribution in [0.1, 0.15) is 10.4 Å². The van der Waals surface area contributed by atoms with Gasteiger partial charge in [0.25, 0.3) is 0 Å². The SMILES string of the molecule is O=C(CSc1ncccc1C(=O)O)Nc1cccc(OC(F)(F)F)c1. The van der Waals surface area contributed by atoms with Crippen molar-refractivity contribution in [3.63, 3.8) is 0 Å². The standard InChI is InChI=1S/C15H11F3N2O4S/c16-15(17,18)24-10-4-1-3-9(7-10)20-12(21)8-25-13-11(14(22)23)5-2-6-19-13/h1-7H,8H2,(H,20,21)(H,22,23). The molecule has 0 spiro atoms. The molecule has 2 aromatic rings. The van der Waals surface area contributed by atoms with E-state index in [4.69, 9.17) is 5.11 Å². The van der Waals surface area contributed by atoms with Crippen LogP contribution >= 0.6 is 11.8 Å². The van der Waals surface area contributed by atoms with Crippen LogP contribution in [0.3, 0.4) is 0 Å². The number of nitrogens with zero attached hydrogens (tertiary/aromatic N) is 1. The molecule has 0 bridgehead atoms. The predicted molar refractivity (Wildman–Crippen MR) is 83.7 cm³/mol. The van der Waals surface area contributed by atoms with Gasteiger partial charge in [-0.15, -0.1) is 13.2 Å². The topological polar surface area (TPSA) is 88.5 Å². The number of nitrogens with one attached hydrogen (secondary N) is 1. The van der Waals surface area contributed by atoms with Gasteiger partial charge in [-0.1, -0.05) is 17.8 Å². The second kappa shape index (κ2) is 7.88. The first-order valence-corrected chi connectivity index (χ1v) is 7.70. The maximum absolute atomic E-state index is 12.2. The lowest BCUT2D eigenvalue weighted by atomic mass is 10.3. The average molecular weight is 372 g/mol. The zero-order chi connectivity index (χ0) is 18.4. The Labute approximate surface area is 144 Å². The number of ether oxygens (including phenoxy) is 1. The molecule has 1 heterocycles. The van der Waals surface area contributed by atoms with Crippen molar-refractivity contribution in [2.24, 2.45) is 0 Å². The Morgan fingerprint density at radius 3 is 2.68 bits per heavy atom. The number of rotatable bonds is 6. The van der Waals surface area contributed by atoms with E-state index in [2.05, 4.69) is 15.0 Å². The molecule has 1 amide bonds. The third kappa shape index (κ3) is 5.99. The van der Waals surface area contributed by atoms with E-state index in [1.54, 1.807) is 0 Å². The summed E-state index contributed by atoms with van der Waals surface area (Å²) in [6, 6.07) is 7.64. The summed E-state index contributed by atoms with van der Waals surface area (Å²) < 4.78 is 40.3. The molecule has 0 aliphatic heterocycles. The molecule has 6 nitrogen and oxygen atoms in total. The number of benzene rings is 1. The summed E-state index contributed by atoms with van der Waals surface area (Å²) in [5.41, 5.74) is 0.0766. The normalized spacial score (nSPS) is 11.0. The van der Waals surface area contributed by atoms with Gasteiger partial charge >= 0.3 is 12.3 Å². The van der Waals surface area contributed by atoms with Crippen molar-refractivity contribution in [1.82, 2.24) is 4.98 Å². The summed E-state index contributed by atoms with van der Waals surface area (Å²) in [7, 11) is 0. The van der Waals surface area contributed by atoms with Crippen LogP contribution in [0, 0.1) is 0 Å². The highest BCUT2D eigenvalue weighted by Crippen LogP contribution is 2.25. The Hall–Kier alpha value is -2.75. The third-order valence-electron chi connectivity index (χ3n) is 2.69. The maximum Gasteiger partial charge on any atom is 0.573 e. The maximum atomic E-state index is 12.2. The number of alkyl halides is 3. The number of hydrogen-bond donors (Lipinski definition) is 2. The number of carbonyl (C=O) groups is 2. The van der Waals surface area contributed by atoms with E-state index >= 15 is 0 Å². The number of hydrogen-bond acceptors (Lipinski definition) is 5. The number of carboxylic acids is 1. The predicted octanol–water partition coefficient (Wildman–Crippen LogP) is 3.41. The van der Waals surface area contributed by atoms with Crippen LogP contribution in [0.25, 0.3) is 0 Å². The van der Waals surface area contributed by atoms with Crippen LogP contribution < -0.4 is 10.1 Å². The van der Waals surface area contributed by atoms with Crippen LogP contribution in [0.2, 0.25) is 0 Å². The molecule has 0 aliphatic rings. The van der Waals surface area contributed by atoms with E-state index in [-0.39, 0.29) is 22.0 Å². The first-order valence-electron chi connectivity index (χ1n) is 6.71. The molecule has 25 heavy (non-hydrogen) atoms. The highest BCUT2D eigenvalue weighted by atomic mass is 32.2. The summed E-state index contributed by atoms with van der Waals surface area (Å²) in [6.07, 6.45) is -3.44. The molecule has 2 N–H and O–H groups in total. The summed E-state index contributed by atoms with van der Waals surface area (Å²) in [5, 5.41) is 11.6. The fraction of sp³-hybridized carbons (Fsp3) is 0.133. The minimum Gasteiger partial charge on any atom is -0.478 e. The van der Waals surface area contributed by atoms with Crippen LogP contribution in [0.4, 0.5) is 18.9 Å². The van der Waals surface area contributed by atoms with E-state index in [0.29, 0.717) is 0 Å². The molecule has 0 fully saturated rings. The summed E-state index contributed by atoms with van der Waals surface area (Å²) in [5.74, 6) is -2.33. The zero-order valence-electron chi connectivity index (χ0n) is 12.4. The van der Waals surface area contributed by atoms with Gasteiger partial charge < -0.3 is 15.2 Å². The second-order valence-electron chi connectivity index (χ2n) is 4.57. The summed E-state index contributed by atoms with van der Waals surface area (Å²) in [4.78, 5) is 26.8. The van der Waals surface area contributed by atoms with E-state index in [1.807, 2.05) is 0 Å². The Morgan fingerprint density at radius 1 is 1.24 bits per heavy atom. The Balaban J connectivity index is 1.97. The third-order valence-corrected chi connectivity index (χ3v) is 3.70. The fourth-order valence-corrected chi connectivity index (χ4v) is 2.56. The van der Waals surface area contributed by atoms with Gasteiger partial charge in [0.05, 0.1) is 11.3 Å². The molecule has 0 radical (unpaired) electrons. The Morgan fingerprint density at radius 2 is 2.00 bits per heavy atom. The summed E-state index contributed by atoms with van der Waals surface area (Å²) >= 11 is 0.902. The van der Waals surface area contributed by atoms with Crippen molar-refractivity contribution < 1.29 is 32.6 Å². The van der Waals surface area contributed by atoms with Crippen molar-refractivity contribution in [1.29, 1.82) is 0 Å². The monoisotopic (exact) mass is 372 g/mol. The Kier molecular flexibility index (Phi) is 5.86. The Bertz CT molecular complexity index is 783. The van der Waals surface area contributed by atoms with Crippen molar-refractivity contribution >= 4 is 29.3 Å². The highest BCUT2D eigenvalue weighted by Gasteiger charge is 2.31. The van der Waals surface area contributed by atoms with Crippen molar-refractivity contribution in [3.8, 4) is 5.75 Å². The quantitative estimate of drug-likeness (QED) is 0.756. The molecular weight excluding hydrogens is 361 g/mol. The van der Waals surface area contributed by atoms with E-state index in [0.717, 1.165) is 23.9 Å². The smallest absolute Gasteiger partial charge is 0.478 e. The molecule has 2 rings (SSSR count). The molecule has 0 unspecified atom stereocenters. The van der Waals surface area contributed by atoms with Gasteiger partial charge in [0, 0.05) is 18.0 Å². The largest absolute Gasteiger partial charge is 0.573 e. The number of thioether (sulfide) groups is 1. The number of aromatic nitrogens is 1. The lowest BCUT2D eigenvalue weighted by Crippen LogP contribution is -2.18. The highest BCUT2D eigenvalue weighted by molar-refractivity contribution is 8.00. The van der Waals surface area contributed by atoms with Gasteiger partial charge in [0.1, 0.15) is 10.8 Å². The van der Waals surface area contributed by atoms with E-state index in [1.165, 1.54) is 30.5 Å². The lowest BCUT2D eigenvalue weighted by molar-refractivity contribution is -0.274. The minimum absolute atomic E-state index is 0.0409. The number of amides is 1. The molecule has 0 saturated carbocycles. The summed E-state index contributed by atoms with van der Waals surface area (Å²) in [6.45, 7) is 0. The van der Waals surface area contributed by atoms with Crippen LogP contribution in [0.15, 0.2) is 47.6 Å². The van der Waals surface area contributed by atoms with Crippen LogP contribution in [0.5, 0.6) is 5.75 Å². The molecule has 1 aromatic heterocycles. The van der Waals surface area contributed by atoms with Gasteiger partial charge in [-0.25, -0.2) is 9.78 Å². The molecule has 10 heteroatoms. The fourth-order valence-electron chi connectivity index (χ4n) is 1.77. The molecule has 1 aromatic carbocycles. The number of carboxylic acid groups (broad SMARTS) is 1. The molecule has 0 atom stereocenters. The van der Waals surface area contributed by atoms with Crippen molar-refractivity contribution in [2.45, 2.75) is 11.4 Å². The number of aromatic carboxylic acids is 1. The van der Waals surface area contributed by atoms with Crippen LogP contribution in [-0.2, 0) is 4.79 Å². The first-order chi connectivity index (χ1) is 11.7. The van der Waals surface area contributed by atoms with Gasteiger partial charge in [-0.2, -0.15) is 0 Å². The van der Waals surface area contributed by atoms with Crippen molar-refractivity contribution in [2.75, 3.05) is 11.1 Å². The van der Waals surface area contributed by atoms with Gasteiger partial charge in [-0.05, 0) is 24.3 Å². The first kappa shape index (κ1) is 18.6. The van der Waals surface area contributed by atoms with E-state index in [9.17, 15) is 22.8 Å². The minimum atomic E-state index is -4.83. The molecular formula is C15H11F3N2O4S. The molecule has 132 valence electrons. The van der Waals surface area contributed by atoms with Gasteiger partial charge in [0.15, 0.2) is 0 Å². The molecule has 0 aliphatic carbocycles. The van der Waals surface area contributed by atoms with Gasteiger partial charge in [-0.3, -0.25) is 4.79 Å². The van der Waals surface area contributed by atoms with Gasteiger partial charge in [0.2, 0.25) is 5.91 Å². The lowest BCUT2D eigenvalue weighted by Gasteiger charge is -2.10. The number of pyridine rings is 1. The number of anilines is 1.